The molecule has 1 unspecified atom stereocenters. The molecule has 0 bridgehead atoms. The molecule has 1 aromatic carbocycles. The summed E-state index contributed by atoms with van der Waals surface area (Å²) in [7, 11) is 0. The van der Waals surface area contributed by atoms with Gasteiger partial charge in [-0.3, -0.25) is 4.98 Å². The molecule has 100 valence electrons. The fraction of sp³-hybridized carbons (Fsp3) is 0.125. The second-order valence-corrected chi connectivity index (χ2v) is 5.88. The van der Waals surface area contributed by atoms with E-state index >= 15 is 0 Å². The molecule has 0 spiro atoms. The van der Waals surface area contributed by atoms with Gasteiger partial charge in [0.05, 0.1) is 15.9 Å². The molecule has 0 amide bonds. The van der Waals surface area contributed by atoms with E-state index in [0.717, 1.165) is 16.6 Å². The Hall–Kier alpha value is -1.94. The zero-order valence-electron chi connectivity index (χ0n) is 10.8. The Kier molecular flexibility index (Phi) is 3.40. The molecule has 3 aromatic rings. The van der Waals surface area contributed by atoms with Crippen LogP contribution in [0.25, 0.3) is 22.0 Å². The van der Waals surface area contributed by atoms with E-state index in [0.29, 0.717) is 11.1 Å². The van der Waals surface area contributed by atoms with E-state index in [1.54, 1.807) is 12.3 Å². The van der Waals surface area contributed by atoms with Crippen molar-refractivity contribution in [2.24, 2.45) is 0 Å². The second-order valence-electron chi connectivity index (χ2n) is 4.51. The van der Waals surface area contributed by atoms with Gasteiger partial charge < -0.3 is 4.42 Å². The van der Waals surface area contributed by atoms with Gasteiger partial charge in [0.15, 0.2) is 0 Å². The third-order valence-corrected chi connectivity index (χ3v) is 3.56. The molecule has 0 aliphatic heterocycles. The number of rotatable bonds is 2. The molecule has 0 fully saturated rings. The van der Waals surface area contributed by atoms with E-state index in [4.69, 9.17) is 4.42 Å². The zero-order valence-corrected chi connectivity index (χ0v) is 12.4. The number of fused-ring (bicyclic) bond motifs is 1. The largest absolute Gasteiger partial charge is 0.426 e. The molecular formula is C16H12BrNO2. The van der Waals surface area contributed by atoms with Crippen molar-refractivity contribution < 1.29 is 4.42 Å². The number of hydrogen-bond donors (Lipinski definition) is 0. The summed E-state index contributed by atoms with van der Waals surface area (Å²) in [4.78, 5) is 16.4. The van der Waals surface area contributed by atoms with Crippen molar-refractivity contribution in [3.05, 3.63) is 64.8 Å². The predicted octanol–water partition coefficient (Wildman–Crippen LogP) is 4.31. The number of nitrogens with zero attached hydrogens (tertiary/aromatic N) is 1. The first-order valence-electron chi connectivity index (χ1n) is 6.29. The first-order chi connectivity index (χ1) is 9.68. The highest BCUT2D eigenvalue weighted by atomic mass is 79.9. The lowest BCUT2D eigenvalue weighted by Crippen LogP contribution is -2.05. The van der Waals surface area contributed by atoms with Crippen LogP contribution in [0.15, 0.2) is 57.9 Å². The van der Waals surface area contributed by atoms with Gasteiger partial charge in [0.2, 0.25) is 0 Å². The Morgan fingerprint density at radius 2 is 1.80 bits per heavy atom. The third kappa shape index (κ3) is 2.16. The average Bonchev–Trinajstić information content (AvgIpc) is 2.48. The smallest absolute Gasteiger partial charge is 0.343 e. The molecule has 0 saturated carbocycles. The summed E-state index contributed by atoms with van der Waals surface area (Å²) in [5, 5.41) is 1.44. The molecule has 0 radical (unpaired) electrons. The van der Waals surface area contributed by atoms with Crippen molar-refractivity contribution in [2.45, 2.75) is 11.8 Å². The highest BCUT2D eigenvalue weighted by Crippen LogP contribution is 2.35. The van der Waals surface area contributed by atoms with Crippen LogP contribution in [0.4, 0.5) is 0 Å². The van der Waals surface area contributed by atoms with Crippen LogP contribution in [0.1, 0.15) is 17.5 Å². The topological polar surface area (TPSA) is 43.1 Å². The Morgan fingerprint density at radius 1 is 1.10 bits per heavy atom. The fourth-order valence-electron chi connectivity index (χ4n) is 2.27. The maximum atomic E-state index is 12.1. The van der Waals surface area contributed by atoms with Crippen molar-refractivity contribution in [2.75, 3.05) is 0 Å². The van der Waals surface area contributed by atoms with Gasteiger partial charge in [-0.05, 0) is 25.1 Å². The molecule has 2 aromatic heterocycles. The lowest BCUT2D eigenvalue weighted by molar-refractivity contribution is 0.473. The van der Waals surface area contributed by atoms with Crippen LogP contribution in [0.2, 0.25) is 0 Å². The number of pyridine rings is 1. The highest BCUT2D eigenvalue weighted by molar-refractivity contribution is 9.09. The molecule has 0 N–H and O–H groups in total. The maximum Gasteiger partial charge on any atom is 0.343 e. The van der Waals surface area contributed by atoms with E-state index in [-0.39, 0.29) is 10.5 Å². The van der Waals surface area contributed by atoms with Crippen LogP contribution in [-0.2, 0) is 0 Å². The monoisotopic (exact) mass is 329 g/mol. The fourth-order valence-corrected chi connectivity index (χ4v) is 2.60. The van der Waals surface area contributed by atoms with Gasteiger partial charge in [-0.2, -0.15) is 0 Å². The molecule has 4 heteroatoms. The third-order valence-electron chi connectivity index (χ3n) is 3.15. The van der Waals surface area contributed by atoms with Crippen molar-refractivity contribution in [1.82, 2.24) is 4.98 Å². The van der Waals surface area contributed by atoms with Gasteiger partial charge in [-0.25, -0.2) is 4.79 Å². The number of halogens is 1. The standard InChI is InChI=1S/C16H12BrNO2/c1-10(17)15-14(13-8-4-5-9-18-13)11-6-2-3-7-12(11)16(19)20-15/h2-10H,1H3. The summed E-state index contributed by atoms with van der Waals surface area (Å²) in [5.74, 6) is 0.604. The summed E-state index contributed by atoms with van der Waals surface area (Å²) in [6, 6.07) is 13.1. The number of aromatic nitrogens is 1. The number of benzene rings is 1. The van der Waals surface area contributed by atoms with Gasteiger partial charge in [-0.15, -0.1) is 0 Å². The summed E-state index contributed by atoms with van der Waals surface area (Å²) in [5.41, 5.74) is 1.35. The summed E-state index contributed by atoms with van der Waals surface area (Å²) >= 11 is 3.49. The lowest BCUT2D eigenvalue weighted by Gasteiger charge is -2.12. The van der Waals surface area contributed by atoms with Gasteiger partial charge in [0.1, 0.15) is 5.76 Å². The lowest BCUT2D eigenvalue weighted by atomic mass is 10.0. The Bertz CT molecular complexity index is 810. The molecule has 0 aliphatic carbocycles. The quantitative estimate of drug-likeness (QED) is 0.658. The van der Waals surface area contributed by atoms with E-state index in [1.807, 2.05) is 43.3 Å². The molecule has 3 nitrogen and oxygen atoms in total. The summed E-state index contributed by atoms with van der Waals surface area (Å²) in [6.45, 7) is 1.93. The molecule has 2 heterocycles. The zero-order chi connectivity index (χ0) is 14.1. The van der Waals surface area contributed by atoms with Crippen molar-refractivity contribution in [3.63, 3.8) is 0 Å². The molecule has 3 rings (SSSR count). The maximum absolute atomic E-state index is 12.1. The minimum atomic E-state index is -0.318. The molecule has 20 heavy (non-hydrogen) atoms. The van der Waals surface area contributed by atoms with E-state index < -0.39 is 0 Å². The van der Waals surface area contributed by atoms with Crippen LogP contribution in [0, 0.1) is 0 Å². The molecular weight excluding hydrogens is 318 g/mol. The Balaban J connectivity index is 2.47. The number of hydrogen-bond acceptors (Lipinski definition) is 3. The number of alkyl halides is 1. The van der Waals surface area contributed by atoms with E-state index in [1.165, 1.54) is 0 Å². The van der Waals surface area contributed by atoms with Crippen LogP contribution in [-0.4, -0.2) is 4.98 Å². The van der Waals surface area contributed by atoms with Crippen molar-refractivity contribution in [1.29, 1.82) is 0 Å². The second kappa shape index (κ2) is 5.21. The minimum Gasteiger partial charge on any atom is -0.426 e. The van der Waals surface area contributed by atoms with Crippen LogP contribution >= 0.6 is 15.9 Å². The van der Waals surface area contributed by atoms with Crippen molar-refractivity contribution in [3.8, 4) is 11.3 Å². The molecule has 0 saturated heterocycles. The SMILES string of the molecule is CC(Br)c1oc(=O)c2ccccc2c1-c1ccccn1. The molecule has 1 atom stereocenters. The van der Waals surface area contributed by atoms with Crippen LogP contribution < -0.4 is 5.63 Å². The first-order valence-corrected chi connectivity index (χ1v) is 7.21. The van der Waals surface area contributed by atoms with Crippen molar-refractivity contribution >= 4 is 26.7 Å². The van der Waals surface area contributed by atoms with Gasteiger partial charge in [-0.1, -0.05) is 40.2 Å². The van der Waals surface area contributed by atoms with Gasteiger partial charge in [0.25, 0.3) is 0 Å². The average molecular weight is 330 g/mol. The normalized spacial score (nSPS) is 12.5. The first kappa shape index (κ1) is 13.1. The Morgan fingerprint density at radius 3 is 2.45 bits per heavy atom. The van der Waals surface area contributed by atoms with Crippen LogP contribution in [0.5, 0.6) is 0 Å². The van der Waals surface area contributed by atoms with E-state index in [9.17, 15) is 4.79 Å². The minimum absolute atomic E-state index is 0.0724. The highest BCUT2D eigenvalue weighted by Gasteiger charge is 2.19. The van der Waals surface area contributed by atoms with Gasteiger partial charge in [0, 0.05) is 17.1 Å². The molecule has 0 aliphatic rings. The predicted molar refractivity (Wildman–Crippen MR) is 83.1 cm³/mol. The van der Waals surface area contributed by atoms with E-state index in [2.05, 4.69) is 20.9 Å². The summed E-state index contributed by atoms with van der Waals surface area (Å²) in [6.07, 6.45) is 1.73. The van der Waals surface area contributed by atoms with Gasteiger partial charge >= 0.3 is 5.63 Å². The van der Waals surface area contributed by atoms with Crippen LogP contribution in [0.3, 0.4) is 0 Å². The summed E-state index contributed by atoms with van der Waals surface area (Å²) < 4.78 is 5.50. The Labute approximate surface area is 124 Å².